The fourth-order valence-electron chi connectivity index (χ4n) is 2.61. The molecule has 9 heteroatoms. The molecule has 0 aliphatic heterocycles. The SMILES string of the molecule is CC(C)NS(=O)(=O)Cc1ccccc1CNC(=O)C(C)Oc1ccc(Cl)c(Cl)c1. The summed E-state index contributed by atoms with van der Waals surface area (Å²) in [7, 11) is -3.47. The Balaban J connectivity index is 2.00. The second kappa shape index (κ2) is 10.3. The van der Waals surface area contributed by atoms with Crippen molar-refractivity contribution in [1.82, 2.24) is 10.0 Å². The first kappa shape index (κ1) is 23.5. The van der Waals surface area contributed by atoms with Gasteiger partial charge in [0.1, 0.15) is 5.75 Å². The van der Waals surface area contributed by atoms with Crippen molar-refractivity contribution < 1.29 is 17.9 Å². The van der Waals surface area contributed by atoms with E-state index >= 15 is 0 Å². The molecule has 0 aliphatic carbocycles. The maximum atomic E-state index is 12.4. The zero-order valence-electron chi connectivity index (χ0n) is 16.4. The number of ether oxygens (including phenoxy) is 1. The lowest BCUT2D eigenvalue weighted by Gasteiger charge is -2.16. The van der Waals surface area contributed by atoms with Crippen molar-refractivity contribution in [2.75, 3.05) is 0 Å². The van der Waals surface area contributed by atoms with E-state index in [2.05, 4.69) is 10.0 Å². The number of carbonyl (C=O) groups excluding carboxylic acids is 1. The van der Waals surface area contributed by atoms with Crippen LogP contribution in [0.1, 0.15) is 31.9 Å². The molecule has 2 aromatic carbocycles. The predicted octanol–water partition coefficient (Wildman–Crippen LogP) is 3.90. The highest BCUT2D eigenvalue weighted by Gasteiger charge is 2.18. The molecule has 2 rings (SSSR count). The fourth-order valence-corrected chi connectivity index (χ4v) is 4.39. The average molecular weight is 459 g/mol. The minimum Gasteiger partial charge on any atom is -0.481 e. The standard InChI is InChI=1S/C20H24Cl2N2O4S/c1-13(2)24-29(26,27)12-16-7-5-4-6-15(16)11-23-20(25)14(3)28-17-8-9-18(21)19(22)10-17/h4-10,13-14,24H,11-12H2,1-3H3,(H,23,25). The molecule has 1 amide bonds. The second-order valence-corrected chi connectivity index (χ2v) is 9.42. The summed E-state index contributed by atoms with van der Waals surface area (Å²) >= 11 is 11.8. The Morgan fingerprint density at radius 1 is 1.03 bits per heavy atom. The lowest BCUT2D eigenvalue weighted by Crippen LogP contribution is -2.36. The Labute approximate surface area is 181 Å². The molecule has 0 radical (unpaired) electrons. The van der Waals surface area contributed by atoms with Crippen molar-refractivity contribution in [3.63, 3.8) is 0 Å². The topological polar surface area (TPSA) is 84.5 Å². The molecule has 0 spiro atoms. The van der Waals surface area contributed by atoms with Gasteiger partial charge < -0.3 is 10.1 Å². The van der Waals surface area contributed by atoms with Gasteiger partial charge in [-0.1, -0.05) is 47.5 Å². The molecule has 6 nitrogen and oxygen atoms in total. The molecule has 1 atom stereocenters. The van der Waals surface area contributed by atoms with Gasteiger partial charge in [-0.05, 0) is 44.0 Å². The van der Waals surface area contributed by atoms with Crippen LogP contribution in [0.25, 0.3) is 0 Å². The number of carbonyl (C=O) groups is 1. The Kier molecular flexibility index (Phi) is 8.34. The normalized spacial score (nSPS) is 12.6. The third-order valence-corrected chi connectivity index (χ3v) is 6.17. The summed E-state index contributed by atoms with van der Waals surface area (Å²) in [5.41, 5.74) is 1.34. The molecule has 158 valence electrons. The Bertz CT molecular complexity index is 965. The summed E-state index contributed by atoms with van der Waals surface area (Å²) in [6.07, 6.45) is -0.772. The van der Waals surface area contributed by atoms with Crippen LogP contribution in [-0.2, 0) is 27.1 Å². The maximum Gasteiger partial charge on any atom is 0.261 e. The van der Waals surface area contributed by atoms with Crippen LogP contribution in [0.3, 0.4) is 0 Å². The first-order valence-electron chi connectivity index (χ1n) is 9.03. The Morgan fingerprint density at radius 2 is 1.69 bits per heavy atom. The van der Waals surface area contributed by atoms with Gasteiger partial charge in [0.15, 0.2) is 6.10 Å². The van der Waals surface area contributed by atoms with Crippen LogP contribution in [0.4, 0.5) is 0 Å². The third-order valence-electron chi connectivity index (χ3n) is 3.91. The smallest absolute Gasteiger partial charge is 0.261 e. The molecule has 0 aliphatic rings. The number of hydrogen-bond acceptors (Lipinski definition) is 4. The van der Waals surface area contributed by atoms with Crippen molar-refractivity contribution in [3.05, 3.63) is 63.6 Å². The van der Waals surface area contributed by atoms with Crippen LogP contribution in [0, 0.1) is 0 Å². The van der Waals surface area contributed by atoms with E-state index in [1.807, 2.05) is 0 Å². The van der Waals surface area contributed by atoms with Gasteiger partial charge in [-0.15, -0.1) is 0 Å². The van der Waals surface area contributed by atoms with Crippen LogP contribution in [0.15, 0.2) is 42.5 Å². The van der Waals surface area contributed by atoms with E-state index in [0.717, 1.165) is 5.56 Å². The lowest BCUT2D eigenvalue weighted by molar-refractivity contribution is -0.127. The summed E-state index contributed by atoms with van der Waals surface area (Å²) in [5, 5.41) is 3.51. The number of amides is 1. The molecule has 0 heterocycles. The van der Waals surface area contributed by atoms with Gasteiger partial charge in [0.25, 0.3) is 5.91 Å². The number of halogens is 2. The zero-order valence-corrected chi connectivity index (χ0v) is 18.7. The summed E-state index contributed by atoms with van der Waals surface area (Å²) < 4.78 is 32.6. The van der Waals surface area contributed by atoms with E-state index in [9.17, 15) is 13.2 Å². The van der Waals surface area contributed by atoms with E-state index in [4.69, 9.17) is 27.9 Å². The number of rotatable bonds is 9. The van der Waals surface area contributed by atoms with E-state index < -0.39 is 16.1 Å². The van der Waals surface area contributed by atoms with Crippen LogP contribution >= 0.6 is 23.2 Å². The van der Waals surface area contributed by atoms with Crippen LogP contribution in [-0.4, -0.2) is 26.5 Å². The molecule has 0 bridgehead atoms. The molecule has 0 saturated heterocycles. The fraction of sp³-hybridized carbons (Fsp3) is 0.350. The van der Waals surface area contributed by atoms with Gasteiger partial charge in [0, 0.05) is 18.7 Å². The minimum absolute atomic E-state index is 0.160. The van der Waals surface area contributed by atoms with Crippen molar-refractivity contribution in [1.29, 1.82) is 0 Å². The largest absolute Gasteiger partial charge is 0.481 e. The lowest BCUT2D eigenvalue weighted by atomic mass is 10.1. The number of benzene rings is 2. The van der Waals surface area contributed by atoms with Gasteiger partial charge in [-0.3, -0.25) is 4.79 Å². The van der Waals surface area contributed by atoms with Crippen molar-refractivity contribution >= 4 is 39.1 Å². The molecular formula is C20H24Cl2N2O4S. The van der Waals surface area contributed by atoms with Crippen LogP contribution < -0.4 is 14.8 Å². The van der Waals surface area contributed by atoms with E-state index in [-0.39, 0.29) is 24.2 Å². The number of hydrogen-bond donors (Lipinski definition) is 2. The van der Waals surface area contributed by atoms with Crippen molar-refractivity contribution in [2.45, 2.75) is 45.2 Å². The van der Waals surface area contributed by atoms with E-state index in [1.54, 1.807) is 57.2 Å². The van der Waals surface area contributed by atoms with Crippen molar-refractivity contribution in [2.24, 2.45) is 0 Å². The molecule has 2 N–H and O–H groups in total. The van der Waals surface area contributed by atoms with E-state index in [0.29, 0.717) is 21.4 Å². The first-order chi connectivity index (χ1) is 13.6. The van der Waals surface area contributed by atoms with Crippen molar-refractivity contribution in [3.8, 4) is 5.75 Å². The van der Waals surface area contributed by atoms with Gasteiger partial charge in [0.2, 0.25) is 10.0 Å². The highest BCUT2D eigenvalue weighted by atomic mass is 35.5. The van der Waals surface area contributed by atoms with Crippen LogP contribution in [0.2, 0.25) is 10.0 Å². The average Bonchev–Trinajstić information content (AvgIpc) is 2.62. The van der Waals surface area contributed by atoms with Gasteiger partial charge in [0.05, 0.1) is 15.8 Å². The molecule has 0 aromatic heterocycles. The van der Waals surface area contributed by atoms with E-state index in [1.165, 1.54) is 6.07 Å². The second-order valence-electron chi connectivity index (χ2n) is 6.85. The third kappa shape index (κ3) is 7.51. The summed E-state index contributed by atoms with van der Waals surface area (Å²) in [5.74, 6) is -0.0747. The monoisotopic (exact) mass is 458 g/mol. The molecular weight excluding hydrogens is 435 g/mol. The number of nitrogens with one attached hydrogen (secondary N) is 2. The van der Waals surface area contributed by atoms with Gasteiger partial charge >= 0.3 is 0 Å². The zero-order chi connectivity index (χ0) is 21.6. The molecule has 1 unspecified atom stereocenters. The summed E-state index contributed by atoms with van der Waals surface area (Å²) in [6, 6.07) is 11.6. The first-order valence-corrected chi connectivity index (χ1v) is 11.4. The highest BCUT2D eigenvalue weighted by molar-refractivity contribution is 7.88. The molecule has 2 aromatic rings. The molecule has 29 heavy (non-hydrogen) atoms. The quantitative estimate of drug-likeness (QED) is 0.596. The van der Waals surface area contributed by atoms with Gasteiger partial charge in [-0.2, -0.15) is 0 Å². The molecule has 0 fully saturated rings. The number of sulfonamides is 1. The molecule has 0 saturated carbocycles. The van der Waals surface area contributed by atoms with Crippen LogP contribution in [0.5, 0.6) is 5.75 Å². The Morgan fingerprint density at radius 3 is 2.31 bits per heavy atom. The predicted molar refractivity (Wildman–Crippen MR) is 116 cm³/mol. The summed E-state index contributed by atoms with van der Waals surface area (Å²) in [6.45, 7) is 5.32. The summed E-state index contributed by atoms with van der Waals surface area (Å²) in [4.78, 5) is 12.4. The Hall–Kier alpha value is -1.80. The minimum atomic E-state index is -3.47. The maximum absolute atomic E-state index is 12.4. The highest BCUT2D eigenvalue weighted by Crippen LogP contribution is 2.26. The van der Waals surface area contributed by atoms with Gasteiger partial charge in [-0.25, -0.2) is 13.1 Å².